The molecular formula is C16H21N3O. The van der Waals surface area contributed by atoms with Gasteiger partial charge in [-0.1, -0.05) is 29.8 Å². The molecule has 5 N–H and O–H groups in total. The topological polar surface area (TPSA) is 81.1 Å². The largest absolute Gasteiger partial charge is 0.330 e. The van der Waals surface area contributed by atoms with Gasteiger partial charge in [0.2, 0.25) is 5.91 Å². The van der Waals surface area contributed by atoms with Crippen molar-refractivity contribution < 1.29 is 4.79 Å². The molecule has 0 saturated heterocycles. The van der Waals surface area contributed by atoms with Crippen molar-refractivity contribution in [2.45, 2.75) is 25.8 Å². The average molecular weight is 271 g/mol. The van der Waals surface area contributed by atoms with Gasteiger partial charge < -0.3 is 16.8 Å². The number of carbonyl (C=O) groups excluding carboxylic acids is 1. The van der Waals surface area contributed by atoms with Crippen molar-refractivity contribution in [2.75, 3.05) is 11.9 Å². The first-order chi connectivity index (χ1) is 9.60. The molecule has 0 aromatic heterocycles. The highest BCUT2D eigenvalue weighted by Gasteiger charge is 2.12. The lowest BCUT2D eigenvalue weighted by atomic mass is 10.1. The zero-order valence-corrected chi connectivity index (χ0v) is 11.7. The maximum atomic E-state index is 11.9. The van der Waals surface area contributed by atoms with Gasteiger partial charge in [0.1, 0.15) is 0 Å². The Morgan fingerprint density at radius 2 is 1.95 bits per heavy atom. The van der Waals surface area contributed by atoms with Gasteiger partial charge in [0.15, 0.2) is 0 Å². The van der Waals surface area contributed by atoms with Crippen LogP contribution in [-0.4, -0.2) is 18.5 Å². The summed E-state index contributed by atoms with van der Waals surface area (Å²) in [6, 6.07) is 11.6. The fraction of sp³-hybridized carbons (Fsp3) is 0.312. The van der Waals surface area contributed by atoms with Crippen molar-refractivity contribution in [1.82, 2.24) is 0 Å². The standard InChI is InChI=1S/C16H21N3O/c1-11-4-5-12-6-7-14(10-13(12)9-11)19-16(20)15(18)3-2-8-17/h4-7,9-10,15H,2-3,8,17-18H2,1H3,(H,19,20)/t15-/m0/s1. The van der Waals surface area contributed by atoms with E-state index < -0.39 is 6.04 Å². The summed E-state index contributed by atoms with van der Waals surface area (Å²) in [5.74, 6) is -0.162. The molecular weight excluding hydrogens is 250 g/mol. The van der Waals surface area contributed by atoms with Gasteiger partial charge in [-0.2, -0.15) is 0 Å². The van der Waals surface area contributed by atoms with Crippen LogP contribution in [0.2, 0.25) is 0 Å². The lowest BCUT2D eigenvalue weighted by molar-refractivity contribution is -0.117. The summed E-state index contributed by atoms with van der Waals surface area (Å²) >= 11 is 0. The molecule has 4 nitrogen and oxygen atoms in total. The minimum Gasteiger partial charge on any atom is -0.330 e. The van der Waals surface area contributed by atoms with E-state index in [2.05, 4.69) is 23.5 Å². The van der Waals surface area contributed by atoms with Crippen molar-refractivity contribution in [3.8, 4) is 0 Å². The van der Waals surface area contributed by atoms with E-state index in [1.165, 1.54) is 5.56 Å². The van der Waals surface area contributed by atoms with Crippen LogP contribution in [0.25, 0.3) is 10.8 Å². The summed E-state index contributed by atoms with van der Waals surface area (Å²) < 4.78 is 0. The van der Waals surface area contributed by atoms with Crippen molar-refractivity contribution in [3.63, 3.8) is 0 Å². The second kappa shape index (κ2) is 6.50. The molecule has 1 atom stereocenters. The van der Waals surface area contributed by atoms with E-state index >= 15 is 0 Å². The molecule has 0 saturated carbocycles. The van der Waals surface area contributed by atoms with Gasteiger partial charge in [-0.25, -0.2) is 0 Å². The third-order valence-corrected chi connectivity index (χ3v) is 3.32. The summed E-state index contributed by atoms with van der Waals surface area (Å²) in [4.78, 5) is 11.9. The smallest absolute Gasteiger partial charge is 0.241 e. The monoisotopic (exact) mass is 271 g/mol. The number of amides is 1. The zero-order chi connectivity index (χ0) is 14.5. The fourth-order valence-corrected chi connectivity index (χ4v) is 2.15. The Balaban J connectivity index is 2.11. The molecule has 4 heteroatoms. The maximum Gasteiger partial charge on any atom is 0.241 e. The first kappa shape index (κ1) is 14.5. The summed E-state index contributed by atoms with van der Waals surface area (Å²) in [5, 5.41) is 5.12. The van der Waals surface area contributed by atoms with Crippen LogP contribution in [0.1, 0.15) is 18.4 Å². The Bertz CT molecular complexity index is 610. The highest BCUT2D eigenvalue weighted by molar-refractivity contribution is 5.97. The lowest BCUT2D eigenvalue weighted by Gasteiger charge is -2.12. The summed E-state index contributed by atoms with van der Waals surface area (Å²) in [7, 11) is 0. The molecule has 0 spiro atoms. The number of nitrogens with two attached hydrogens (primary N) is 2. The normalized spacial score (nSPS) is 12.3. The van der Waals surface area contributed by atoms with E-state index in [1.807, 2.05) is 25.1 Å². The molecule has 2 aromatic carbocycles. The van der Waals surface area contributed by atoms with Crippen LogP contribution in [0.15, 0.2) is 36.4 Å². The first-order valence-corrected chi connectivity index (χ1v) is 6.87. The number of aryl methyl sites for hydroxylation is 1. The highest BCUT2D eigenvalue weighted by atomic mass is 16.2. The number of fused-ring (bicyclic) bond motifs is 1. The van der Waals surface area contributed by atoms with E-state index in [0.717, 1.165) is 22.9 Å². The van der Waals surface area contributed by atoms with Gasteiger partial charge in [-0.05, 0) is 49.2 Å². The SMILES string of the molecule is Cc1ccc2ccc(NC(=O)[C@@H](N)CCCN)cc2c1. The molecule has 0 aliphatic heterocycles. The quantitative estimate of drug-likeness (QED) is 0.779. The number of hydrogen-bond acceptors (Lipinski definition) is 3. The molecule has 0 fully saturated rings. The lowest BCUT2D eigenvalue weighted by Crippen LogP contribution is -2.35. The molecule has 2 aromatic rings. The number of nitrogens with one attached hydrogen (secondary N) is 1. The minimum absolute atomic E-state index is 0.162. The Morgan fingerprint density at radius 3 is 2.70 bits per heavy atom. The molecule has 0 bridgehead atoms. The molecule has 1 amide bonds. The van der Waals surface area contributed by atoms with Crippen molar-refractivity contribution >= 4 is 22.4 Å². The van der Waals surface area contributed by atoms with Crippen LogP contribution in [0.5, 0.6) is 0 Å². The molecule has 0 heterocycles. The van der Waals surface area contributed by atoms with Crippen LogP contribution in [0.4, 0.5) is 5.69 Å². The predicted molar refractivity (Wildman–Crippen MR) is 83.6 cm³/mol. The van der Waals surface area contributed by atoms with E-state index in [9.17, 15) is 4.79 Å². The van der Waals surface area contributed by atoms with Gasteiger partial charge >= 0.3 is 0 Å². The van der Waals surface area contributed by atoms with Crippen LogP contribution < -0.4 is 16.8 Å². The van der Waals surface area contributed by atoms with E-state index in [-0.39, 0.29) is 5.91 Å². The second-order valence-electron chi connectivity index (χ2n) is 5.09. The van der Waals surface area contributed by atoms with Crippen LogP contribution >= 0.6 is 0 Å². The Morgan fingerprint density at radius 1 is 1.20 bits per heavy atom. The van der Waals surface area contributed by atoms with Crippen LogP contribution in [0.3, 0.4) is 0 Å². The molecule has 0 aliphatic carbocycles. The van der Waals surface area contributed by atoms with Gasteiger partial charge in [0, 0.05) is 5.69 Å². The third-order valence-electron chi connectivity index (χ3n) is 3.32. The number of hydrogen-bond donors (Lipinski definition) is 3. The summed E-state index contributed by atoms with van der Waals surface area (Å²) in [5.41, 5.74) is 13.2. The number of rotatable bonds is 5. The van der Waals surface area contributed by atoms with Crippen molar-refractivity contribution in [1.29, 1.82) is 0 Å². The van der Waals surface area contributed by atoms with Crippen LogP contribution in [0, 0.1) is 6.92 Å². The molecule has 20 heavy (non-hydrogen) atoms. The van der Waals surface area contributed by atoms with Gasteiger partial charge in [-0.3, -0.25) is 4.79 Å². The molecule has 106 valence electrons. The maximum absolute atomic E-state index is 11.9. The van der Waals surface area contributed by atoms with Crippen molar-refractivity contribution in [3.05, 3.63) is 42.0 Å². The van der Waals surface area contributed by atoms with Gasteiger partial charge in [0.25, 0.3) is 0 Å². The summed E-state index contributed by atoms with van der Waals surface area (Å²) in [6.07, 6.45) is 1.36. The Labute approximate surface area is 119 Å². The van der Waals surface area contributed by atoms with E-state index in [1.54, 1.807) is 0 Å². The molecule has 0 unspecified atom stereocenters. The Kier molecular flexibility index (Phi) is 4.71. The molecule has 2 rings (SSSR count). The second-order valence-corrected chi connectivity index (χ2v) is 5.09. The van der Waals surface area contributed by atoms with Crippen LogP contribution in [-0.2, 0) is 4.79 Å². The predicted octanol–water partition coefficient (Wildman–Crippen LogP) is 2.15. The minimum atomic E-state index is -0.508. The van der Waals surface area contributed by atoms with E-state index in [4.69, 9.17) is 11.5 Å². The number of carbonyl (C=O) groups is 1. The fourth-order valence-electron chi connectivity index (χ4n) is 2.15. The Hall–Kier alpha value is -1.91. The molecule has 0 radical (unpaired) electrons. The van der Waals surface area contributed by atoms with E-state index in [0.29, 0.717) is 13.0 Å². The number of benzene rings is 2. The van der Waals surface area contributed by atoms with Gasteiger partial charge in [0.05, 0.1) is 6.04 Å². The molecule has 0 aliphatic rings. The summed E-state index contributed by atoms with van der Waals surface area (Å²) in [6.45, 7) is 2.60. The highest BCUT2D eigenvalue weighted by Crippen LogP contribution is 2.20. The van der Waals surface area contributed by atoms with Gasteiger partial charge in [-0.15, -0.1) is 0 Å². The first-order valence-electron chi connectivity index (χ1n) is 6.87. The zero-order valence-electron chi connectivity index (χ0n) is 11.7. The van der Waals surface area contributed by atoms with Crippen molar-refractivity contribution in [2.24, 2.45) is 11.5 Å². The number of anilines is 1. The third kappa shape index (κ3) is 3.56. The average Bonchev–Trinajstić information content (AvgIpc) is 2.44.